The number of aliphatic hydroxyl groups is 2. The van der Waals surface area contributed by atoms with Crippen LogP contribution in [-0.2, 0) is 28.8 Å². The first-order valence-corrected chi connectivity index (χ1v) is 15.1. The van der Waals surface area contributed by atoms with E-state index in [1.54, 1.807) is 0 Å². The van der Waals surface area contributed by atoms with Crippen molar-refractivity contribution in [2.75, 3.05) is 24.6 Å². The summed E-state index contributed by atoms with van der Waals surface area (Å²) in [6.07, 6.45) is 1.63. The number of hydrogen-bond donors (Lipinski definition) is 6. The van der Waals surface area contributed by atoms with Crippen molar-refractivity contribution in [1.82, 2.24) is 20.1 Å². The maximum absolute atomic E-state index is 13.3. The van der Waals surface area contributed by atoms with Gasteiger partial charge in [0.2, 0.25) is 11.5 Å². The van der Waals surface area contributed by atoms with Crippen molar-refractivity contribution in [3.8, 4) is 0 Å². The second-order valence-corrected chi connectivity index (χ2v) is 12.9. The van der Waals surface area contributed by atoms with Crippen molar-refractivity contribution in [3.63, 3.8) is 0 Å². The molecule has 1 aromatic heterocycles. The van der Waals surface area contributed by atoms with Crippen LogP contribution in [0, 0.1) is 5.92 Å². The number of carboxylic acid groups (broad SMARTS) is 2. The molecular weight excluding hydrogens is 620 g/mol. The molecule has 0 bridgehead atoms. The molecule has 16 nitrogen and oxygen atoms in total. The molecule has 1 aliphatic carbocycles. The molecule has 0 radical (unpaired) electrons. The lowest BCUT2D eigenvalue weighted by molar-refractivity contribution is -0.161. The van der Waals surface area contributed by atoms with Gasteiger partial charge in [0.25, 0.3) is 11.8 Å². The third-order valence-corrected chi connectivity index (χ3v) is 9.52. The Bertz CT molecular complexity index is 1590. The van der Waals surface area contributed by atoms with E-state index < -0.39 is 46.5 Å². The number of aliphatic hydroxyl groups excluding tert-OH is 2. The van der Waals surface area contributed by atoms with Crippen LogP contribution in [0.2, 0.25) is 0 Å². The van der Waals surface area contributed by atoms with Gasteiger partial charge in [-0.25, -0.2) is 14.6 Å². The molecule has 5 rings (SSSR count). The molecule has 4 heterocycles. The van der Waals surface area contributed by atoms with Crippen molar-refractivity contribution in [2.45, 2.75) is 43.7 Å². The summed E-state index contributed by atoms with van der Waals surface area (Å²) in [6, 6.07) is -1.15. The number of carbonyl (C=O) groups excluding carboxylic acids is 3. The number of oxime groups is 1. The molecule has 7 N–H and O–H groups in total. The number of aliphatic carboxylic acids is 2. The number of anilines is 1. The van der Waals surface area contributed by atoms with Crippen LogP contribution in [0.5, 0.6) is 0 Å². The third-order valence-electron chi connectivity index (χ3n) is 7.51. The number of amides is 3. The number of hydrogen-bond acceptors (Lipinski definition) is 13. The number of rotatable bonds is 9. The molecule has 1 aromatic rings. The second kappa shape index (κ2) is 11.5. The van der Waals surface area contributed by atoms with Gasteiger partial charge in [-0.1, -0.05) is 5.16 Å². The van der Waals surface area contributed by atoms with Gasteiger partial charge in [-0.2, -0.15) is 0 Å². The number of thiazole rings is 1. The highest BCUT2D eigenvalue weighted by Crippen LogP contribution is 2.41. The predicted octanol–water partition coefficient (Wildman–Crippen LogP) is 0.554. The Morgan fingerprint density at radius 1 is 1.23 bits per heavy atom. The molecule has 0 saturated carbocycles. The van der Waals surface area contributed by atoms with Gasteiger partial charge >= 0.3 is 11.9 Å². The highest BCUT2D eigenvalue weighted by molar-refractivity contribution is 8.00. The van der Waals surface area contributed by atoms with Gasteiger partial charge in [0.1, 0.15) is 28.6 Å². The van der Waals surface area contributed by atoms with Crippen molar-refractivity contribution < 1.29 is 49.2 Å². The zero-order valence-electron chi connectivity index (χ0n) is 23.3. The Balaban J connectivity index is 1.33. The number of fused-ring (bicyclic) bond motifs is 2. The average Bonchev–Trinajstić information content (AvgIpc) is 3.38. The van der Waals surface area contributed by atoms with Gasteiger partial charge in [0.15, 0.2) is 16.6 Å². The lowest BCUT2D eigenvalue weighted by atomic mass is 9.83. The molecule has 2 unspecified atom stereocenters. The molecular formula is C26H28N6O10S2. The first-order chi connectivity index (χ1) is 20.7. The predicted molar refractivity (Wildman–Crippen MR) is 155 cm³/mol. The summed E-state index contributed by atoms with van der Waals surface area (Å²) in [4.78, 5) is 74.8. The smallest absolute Gasteiger partial charge is 0.352 e. The molecule has 0 spiro atoms. The molecule has 4 aliphatic rings. The monoisotopic (exact) mass is 648 g/mol. The first kappa shape index (κ1) is 30.9. The Kier molecular flexibility index (Phi) is 8.06. The number of nitrogens with two attached hydrogens (primary N) is 1. The third kappa shape index (κ3) is 5.69. The molecule has 3 amide bonds. The fourth-order valence-corrected chi connectivity index (χ4v) is 6.94. The lowest BCUT2D eigenvalue weighted by Crippen LogP contribution is -2.71. The minimum Gasteiger partial charge on any atom is -0.508 e. The van der Waals surface area contributed by atoms with E-state index in [4.69, 9.17) is 10.6 Å². The zero-order valence-corrected chi connectivity index (χ0v) is 25.0. The summed E-state index contributed by atoms with van der Waals surface area (Å²) in [5.74, 6) is -5.18. The number of nitrogen functional groups attached to an aromatic ring is 1. The van der Waals surface area contributed by atoms with Crippen molar-refractivity contribution in [2.24, 2.45) is 11.1 Å². The SMILES string of the molecule is CC(C)(O/N=C(\C(=O)NC1C(=O)N2C(C(=O)O)=C(CN3CC4=CC(O)=C(O)CC4CC3=O)CS[C@@H]12)c1csc(N)n1)C(=O)O. The molecule has 3 atom stereocenters. The number of likely N-dealkylation sites (tertiary alicyclic amines) is 1. The van der Waals surface area contributed by atoms with Crippen molar-refractivity contribution >= 4 is 63.6 Å². The molecule has 234 valence electrons. The topological polar surface area (TPSA) is 245 Å². The van der Waals surface area contributed by atoms with Crippen LogP contribution < -0.4 is 11.1 Å². The van der Waals surface area contributed by atoms with E-state index in [1.165, 1.54) is 42.0 Å². The van der Waals surface area contributed by atoms with Gasteiger partial charge < -0.3 is 41.2 Å². The largest absolute Gasteiger partial charge is 0.508 e. The van der Waals surface area contributed by atoms with Gasteiger partial charge in [0.05, 0.1) is 0 Å². The Hall–Kier alpha value is -4.58. The quantitative estimate of drug-likeness (QED) is 0.122. The number of β-lactam (4-membered cyclic amide) rings is 1. The summed E-state index contributed by atoms with van der Waals surface area (Å²) in [5.41, 5.74) is 4.22. The van der Waals surface area contributed by atoms with E-state index >= 15 is 0 Å². The highest BCUT2D eigenvalue weighted by Gasteiger charge is 2.54. The normalized spacial score (nSPS) is 23.9. The Labute approximate surface area is 257 Å². The van der Waals surface area contributed by atoms with E-state index in [0.29, 0.717) is 5.57 Å². The zero-order chi connectivity index (χ0) is 32.1. The highest BCUT2D eigenvalue weighted by atomic mass is 32.2. The van der Waals surface area contributed by atoms with Gasteiger partial charge in [0, 0.05) is 37.1 Å². The van der Waals surface area contributed by atoms with Crippen molar-refractivity contribution in [3.05, 3.63) is 45.5 Å². The summed E-state index contributed by atoms with van der Waals surface area (Å²) < 4.78 is 0. The Morgan fingerprint density at radius 2 is 1.95 bits per heavy atom. The van der Waals surface area contributed by atoms with Crippen LogP contribution in [0.4, 0.5) is 5.13 Å². The molecule has 0 aromatic carbocycles. The van der Waals surface area contributed by atoms with E-state index in [-0.39, 0.29) is 71.5 Å². The molecule has 18 heteroatoms. The van der Waals surface area contributed by atoms with Gasteiger partial charge in [-0.05, 0) is 37.0 Å². The summed E-state index contributed by atoms with van der Waals surface area (Å²) in [6.45, 7) is 2.50. The van der Waals surface area contributed by atoms with Crippen LogP contribution in [0.3, 0.4) is 0 Å². The van der Waals surface area contributed by atoms with Crippen LogP contribution in [0.1, 0.15) is 32.4 Å². The number of nitrogens with zero attached hydrogens (tertiary/aromatic N) is 4. The standard InChI is InChI=1S/C26H28N6O10S2/c1-26(2,24(40)41)42-30-17(13-9-44-25(27)28-13)20(36)29-18-21(37)32-19(23(38)39)12(8-43-22(18)32)7-31-6-11-4-15(34)14(33)3-10(11)5-16(31)35/h4,9-10,18,22,33-34H,3,5-8H2,1-2H3,(H2,27,28)(H,29,36)(H,38,39)(H,40,41)/b30-17-/t10?,18?,22-/m0/s1. The minimum atomic E-state index is -1.80. The first-order valence-electron chi connectivity index (χ1n) is 13.2. The number of nitrogens with one attached hydrogen (secondary N) is 1. The molecule has 3 aliphatic heterocycles. The second-order valence-electron chi connectivity index (χ2n) is 10.9. The van der Waals surface area contributed by atoms with E-state index in [1.807, 2.05) is 0 Å². The van der Waals surface area contributed by atoms with Crippen molar-refractivity contribution in [1.29, 1.82) is 0 Å². The fourth-order valence-electron chi connectivity index (χ4n) is 5.06. The maximum Gasteiger partial charge on any atom is 0.352 e. The summed E-state index contributed by atoms with van der Waals surface area (Å²) >= 11 is 2.19. The van der Waals surface area contributed by atoms with E-state index in [2.05, 4.69) is 15.5 Å². The summed E-state index contributed by atoms with van der Waals surface area (Å²) in [5, 5.41) is 46.1. The number of allylic oxidation sites excluding steroid dienone is 2. The average molecular weight is 649 g/mol. The fraction of sp³-hybridized carbons (Fsp3) is 0.423. The number of aromatic nitrogens is 1. The van der Waals surface area contributed by atoms with E-state index in [0.717, 1.165) is 21.8 Å². The number of piperidine rings is 1. The van der Waals surface area contributed by atoms with Crippen LogP contribution in [0.25, 0.3) is 0 Å². The van der Waals surface area contributed by atoms with Gasteiger partial charge in [-0.15, -0.1) is 23.1 Å². The van der Waals surface area contributed by atoms with Gasteiger partial charge in [-0.3, -0.25) is 19.3 Å². The minimum absolute atomic E-state index is 0.0138. The maximum atomic E-state index is 13.3. The lowest BCUT2D eigenvalue weighted by Gasteiger charge is -2.50. The molecule has 44 heavy (non-hydrogen) atoms. The number of thioether (sulfide) groups is 1. The van der Waals surface area contributed by atoms with Crippen LogP contribution in [-0.4, -0.2) is 106 Å². The summed E-state index contributed by atoms with van der Waals surface area (Å²) in [7, 11) is 0. The van der Waals surface area contributed by atoms with Crippen LogP contribution in [0.15, 0.2) is 45.0 Å². The molecule has 2 fully saturated rings. The van der Waals surface area contributed by atoms with Crippen LogP contribution >= 0.6 is 23.1 Å². The number of carboxylic acids is 2. The van der Waals surface area contributed by atoms with E-state index in [9.17, 15) is 44.4 Å². The number of carbonyl (C=O) groups is 5. The Morgan fingerprint density at radius 3 is 2.59 bits per heavy atom. The molecule has 2 saturated heterocycles.